The molecule has 0 spiro atoms. The van der Waals surface area contributed by atoms with Gasteiger partial charge in [-0.2, -0.15) is 0 Å². The van der Waals surface area contributed by atoms with E-state index in [0.717, 1.165) is 0 Å². The van der Waals surface area contributed by atoms with Crippen LogP contribution in [0, 0.1) is 13.3 Å². The van der Waals surface area contributed by atoms with Gasteiger partial charge in [-0.3, -0.25) is 0 Å². The van der Waals surface area contributed by atoms with Gasteiger partial charge in [0.05, 0.1) is 0 Å². The van der Waals surface area contributed by atoms with Gasteiger partial charge in [0.25, 0.3) is 0 Å². The molecule has 0 saturated heterocycles. The third-order valence-electron chi connectivity index (χ3n) is 2.46. The Morgan fingerprint density at radius 3 is 2.62 bits per heavy atom. The molecule has 13 heavy (non-hydrogen) atoms. The molecule has 0 saturated carbocycles. The van der Waals surface area contributed by atoms with Crippen LogP contribution in [0.2, 0.25) is 0 Å². The van der Waals surface area contributed by atoms with Crippen molar-refractivity contribution in [3.05, 3.63) is 41.3 Å². The third kappa shape index (κ3) is 2.87. The molecule has 0 aliphatic rings. The number of hydrogen-bond donors (Lipinski definition) is 0. The third-order valence-corrected chi connectivity index (χ3v) is 2.46. The molecule has 1 radical (unpaired) electrons. The van der Waals surface area contributed by atoms with Crippen LogP contribution in [0.15, 0.2) is 18.2 Å². The highest BCUT2D eigenvalue weighted by Gasteiger charge is 1.97. The van der Waals surface area contributed by atoms with Crippen molar-refractivity contribution in [2.24, 2.45) is 0 Å². The largest absolute Gasteiger partial charge is 0.0654 e. The van der Waals surface area contributed by atoms with E-state index < -0.39 is 0 Å². The van der Waals surface area contributed by atoms with Crippen LogP contribution in [-0.4, -0.2) is 0 Å². The van der Waals surface area contributed by atoms with Crippen LogP contribution < -0.4 is 0 Å². The van der Waals surface area contributed by atoms with Crippen LogP contribution in [-0.2, 0) is 6.42 Å². The van der Waals surface area contributed by atoms with Crippen molar-refractivity contribution in [3.8, 4) is 0 Å². The number of hydrogen-bond acceptors (Lipinski definition) is 0. The Hall–Kier alpha value is -0.780. The lowest BCUT2D eigenvalue weighted by molar-refractivity contribution is 0.794. The van der Waals surface area contributed by atoms with E-state index in [1.54, 1.807) is 0 Å². The Kier molecular flexibility index (Phi) is 4.01. The molecular weight excluding hydrogens is 156 g/mol. The molecule has 0 aliphatic heterocycles. The predicted molar refractivity (Wildman–Crippen MR) is 58.9 cm³/mol. The minimum Gasteiger partial charge on any atom is -0.0654 e. The highest BCUT2D eigenvalue weighted by Crippen LogP contribution is 2.14. The lowest BCUT2D eigenvalue weighted by atomic mass is 10.0. The van der Waals surface area contributed by atoms with E-state index in [1.807, 2.05) is 0 Å². The summed E-state index contributed by atoms with van der Waals surface area (Å²) in [6.45, 7) is 6.51. The van der Waals surface area contributed by atoms with Crippen molar-refractivity contribution >= 4 is 0 Å². The van der Waals surface area contributed by atoms with Crippen LogP contribution >= 0.6 is 0 Å². The molecule has 0 fully saturated rings. The Labute approximate surface area is 82.0 Å². The van der Waals surface area contributed by atoms with E-state index in [4.69, 9.17) is 0 Å². The van der Waals surface area contributed by atoms with E-state index in [1.165, 1.54) is 36.0 Å². The summed E-state index contributed by atoms with van der Waals surface area (Å²) in [6.07, 6.45) is 5.97. The highest BCUT2D eigenvalue weighted by atomic mass is 14.0. The summed E-state index contributed by atoms with van der Waals surface area (Å²) in [4.78, 5) is 0. The molecule has 1 rings (SSSR count). The maximum atomic E-state index is 2.31. The zero-order valence-corrected chi connectivity index (χ0v) is 8.93. The van der Waals surface area contributed by atoms with Gasteiger partial charge in [0.15, 0.2) is 0 Å². The van der Waals surface area contributed by atoms with Gasteiger partial charge in [-0.15, -0.1) is 0 Å². The number of unbranched alkanes of at least 4 members (excludes halogenated alkanes) is 1. The van der Waals surface area contributed by atoms with Gasteiger partial charge in [0.1, 0.15) is 0 Å². The smallest absolute Gasteiger partial charge is 0.0121 e. The lowest BCUT2D eigenvalue weighted by Gasteiger charge is -2.05. The Bertz CT molecular complexity index is 261. The summed E-state index contributed by atoms with van der Waals surface area (Å²) in [6, 6.07) is 6.78. The second kappa shape index (κ2) is 5.06. The fourth-order valence-corrected chi connectivity index (χ4v) is 1.60. The molecule has 1 aromatic rings. The molecule has 0 heterocycles. The molecule has 0 unspecified atom stereocenters. The molecule has 0 bridgehead atoms. The number of benzene rings is 1. The van der Waals surface area contributed by atoms with Crippen molar-refractivity contribution < 1.29 is 0 Å². The van der Waals surface area contributed by atoms with Gasteiger partial charge in [0, 0.05) is 0 Å². The Balaban J connectivity index is 2.71. The summed E-state index contributed by atoms with van der Waals surface area (Å²) in [5.74, 6) is 0. The first-order valence-electron chi connectivity index (χ1n) is 5.16. The molecule has 0 aromatic heterocycles. The maximum Gasteiger partial charge on any atom is -0.0121 e. The average molecular weight is 175 g/mol. The van der Waals surface area contributed by atoms with Crippen molar-refractivity contribution in [2.75, 3.05) is 0 Å². The molecular formula is C13H19. The first kappa shape index (κ1) is 10.3. The summed E-state index contributed by atoms with van der Waals surface area (Å²) < 4.78 is 0. The maximum absolute atomic E-state index is 2.31. The van der Waals surface area contributed by atoms with Crippen LogP contribution in [0.3, 0.4) is 0 Å². The van der Waals surface area contributed by atoms with E-state index in [2.05, 4.69) is 45.4 Å². The predicted octanol–water partition coefficient (Wildman–Crippen LogP) is 3.91. The normalized spacial score (nSPS) is 10.4. The van der Waals surface area contributed by atoms with Gasteiger partial charge in [0.2, 0.25) is 0 Å². The van der Waals surface area contributed by atoms with Crippen LogP contribution in [0.5, 0.6) is 0 Å². The minimum atomic E-state index is 1.22. The van der Waals surface area contributed by atoms with Crippen LogP contribution in [0.4, 0.5) is 0 Å². The number of aryl methyl sites for hydroxylation is 2. The number of rotatable bonds is 4. The zero-order chi connectivity index (χ0) is 9.68. The molecule has 1 aromatic carbocycles. The van der Waals surface area contributed by atoms with Crippen molar-refractivity contribution in [2.45, 2.75) is 40.0 Å². The fourth-order valence-electron chi connectivity index (χ4n) is 1.60. The fraction of sp³-hybridized carbons (Fsp3) is 0.462. The van der Waals surface area contributed by atoms with E-state index in [9.17, 15) is 0 Å². The summed E-state index contributed by atoms with van der Waals surface area (Å²) in [7, 11) is 0. The van der Waals surface area contributed by atoms with Crippen molar-refractivity contribution in [3.63, 3.8) is 0 Å². The zero-order valence-electron chi connectivity index (χ0n) is 8.93. The molecule has 71 valence electrons. The Morgan fingerprint density at radius 1 is 1.31 bits per heavy atom. The van der Waals surface area contributed by atoms with Gasteiger partial charge in [-0.1, -0.05) is 38.5 Å². The molecule has 0 amide bonds. The van der Waals surface area contributed by atoms with Gasteiger partial charge < -0.3 is 0 Å². The van der Waals surface area contributed by atoms with E-state index >= 15 is 0 Å². The highest BCUT2D eigenvalue weighted by molar-refractivity contribution is 5.35. The molecule has 0 nitrogen and oxygen atoms in total. The van der Waals surface area contributed by atoms with Gasteiger partial charge >= 0.3 is 0 Å². The SMILES string of the molecule is C[CH]c1ccc(CCCC)cc1C. The molecule has 0 atom stereocenters. The Morgan fingerprint density at radius 2 is 2.08 bits per heavy atom. The average Bonchev–Trinajstić information content (AvgIpc) is 2.15. The summed E-state index contributed by atoms with van der Waals surface area (Å²) in [5.41, 5.74) is 4.24. The van der Waals surface area contributed by atoms with E-state index in [-0.39, 0.29) is 0 Å². The first-order chi connectivity index (χ1) is 6.27. The van der Waals surface area contributed by atoms with Crippen molar-refractivity contribution in [1.82, 2.24) is 0 Å². The van der Waals surface area contributed by atoms with Crippen LogP contribution in [0.25, 0.3) is 0 Å². The standard InChI is InChI=1S/C13H19/c1-4-6-7-12-8-9-13(5-2)11(3)10-12/h5,8-10H,4,6-7H2,1-3H3. The lowest BCUT2D eigenvalue weighted by Crippen LogP contribution is -1.89. The molecule has 0 aliphatic carbocycles. The summed E-state index contributed by atoms with van der Waals surface area (Å²) in [5, 5.41) is 0. The van der Waals surface area contributed by atoms with Gasteiger partial charge in [-0.05, 0) is 42.9 Å². The monoisotopic (exact) mass is 175 g/mol. The summed E-state index contributed by atoms with van der Waals surface area (Å²) >= 11 is 0. The minimum absolute atomic E-state index is 1.22. The second-order valence-corrected chi connectivity index (χ2v) is 3.58. The first-order valence-corrected chi connectivity index (χ1v) is 5.16. The van der Waals surface area contributed by atoms with Crippen LogP contribution in [0.1, 0.15) is 43.4 Å². The molecule has 0 heteroatoms. The second-order valence-electron chi connectivity index (χ2n) is 3.58. The quantitative estimate of drug-likeness (QED) is 0.651. The topological polar surface area (TPSA) is 0 Å². The molecule has 0 N–H and O–H groups in total. The van der Waals surface area contributed by atoms with E-state index in [0.29, 0.717) is 0 Å². The van der Waals surface area contributed by atoms with Crippen molar-refractivity contribution in [1.29, 1.82) is 0 Å². The van der Waals surface area contributed by atoms with Gasteiger partial charge in [-0.25, -0.2) is 0 Å².